The molecule has 1 aromatic rings. The van der Waals surface area contributed by atoms with Crippen molar-refractivity contribution in [3.63, 3.8) is 0 Å². The molecular weight excluding hydrogens is 480 g/mol. The van der Waals surface area contributed by atoms with E-state index in [-0.39, 0.29) is 30.4 Å². The first-order chi connectivity index (χ1) is 15.2. The van der Waals surface area contributed by atoms with E-state index in [1.165, 1.54) is 4.90 Å². The van der Waals surface area contributed by atoms with Gasteiger partial charge < -0.3 is 24.7 Å². The number of benzene rings is 1. The second-order valence-corrected chi connectivity index (χ2v) is 9.91. The number of halogens is 1. The van der Waals surface area contributed by atoms with Crippen molar-refractivity contribution in [1.29, 1.82) is 0 Å². The highest BCUT2D eigenvalue weighted by Crippen LogP contribution is 2.60. The van der Waals surface area contributed by atoms with Gasteiger partial charge in [-0.25, -0.2) is 0 Å². The molecule has 3 aliphatic rings. The number of hydrogen-bond donors (Lipinski definition) is 2. The SMILES string of the molecule is C=CCN(C(=O)[C@H]1N(CCO)C(=O)[C@@H]2[C@@H](C(=O)O)[C@@H]3O[C@@]21CC3Br)c1c(C)cccc1C. The van der Waals surface area contributed by atoms with Crippen molar-refractivity contribution >= 4 is 39.4 Å². The zero-order valence-electron chi connectivity index (χ0n) is 18.0. The van der Waals surface area contributed by atoms with Crippen LogP contribution in [0.3, 0.4) is 0 Å². The van der Waals surface area contributed by atoms with Crippen LogP contribution in [-0.2, 0) is 19.1 Å². The number of nitrogens with zero attached hydrogens (tertiary/aromatic N) is 2. The molecule has 1 spiro atoms. The standard InChI is InChI=1S/C23H27BrN2O6/c1-4-8-25(17-12(2)6-5-7-13(17)3)21(29)19-23-11-14(24)18(32-23)15(22(30)31)16(23)20(28)26(19)9-10-27/h4-7,14-16,18-19,27H,1,8-11H2,2-3H3,(H,30,31)/t14?,15-,16+,18-,19-,23+/m1/s1. The van der Waals surface area contributed by atoms with Crippen molar-refractivity contribution < 1.29 is 29.3 Å². The van der Waals surface area contributed by atoms with Gasteiger partial charge in [-0.1, -0.05) is 40.2 Å². The molecule has 0 aromatic heterocycles. The number of fused-ring (bicyclic) bond motifs is 1. The van der Waals surface area contributed by atoms with E-state index in [9.17, 15) is 24.6 Å². The van der Waals surface area contributed by atoms with E-state index in [0.717, 1.165) is 16.8 Å². The molecule has 9 heteroatoms. The van der Waals surface area contributed by atoms with Crippen molar-refractivity contribution in [2.45, 2.75) is 42.8 Å². The third-order valence-corrected chi connectivity index (χ3v) is 7.78. The van der Waals surface area contributed by atoms with Gasteiger partial charge in [-0.15, -0.1) is 6.58 Å². The average Bonchev–Trinajstić information content (AvgIpc) is 3.31. The number of ether oxygens (including phenoxy) is 1. The molecule has 172 valence electrons. The van der Waals surface area contributed by atoms with Crippen molar-refractivity contribution in [2.24, 2.45) is 11.8 Å². The van der Waals surface area contributed by atoms with Crippen molar-refractivity contribution in [2.75, 3.05) is 24.6 Å². The Hall–Kier alpha value is -2.23. The van der Waals surface area contributed by atoms with Gasteiger partial charge in [0.1, 0.15) is 11.6 Å². The summed E-state index contributed by atoms with van der Waals surface area (Å²) < 4.78 is 6.23. The van der Waals surface area contributed by atoms with E-state index in [1.807, 2.05) is 32.0 Å². The van der Waals surface area contributed by atoms with E-state index in [1.54, 1.807) is 11.0 Å². The van der Waals surface area contributed by atoms with Crippen molar-refractivity contribution in [1.82, 2.24) is 4.90 Å². The number of likely N-dealkylation sites (tertiary alicyclic amines) is 1. The number of aliphatic hydroxyl groups is 1. The van der Waals surface area contributed by atoms with Crippen molar-refractivity contribution in [3.8, 4) is 0 Å². The predicted molar refractivity (Wildman–Crippen MR) is 121 cm³/mol. The number of carbonyl (C=O) groups is 3. The molecule has 1 aromatic carbocycles. The molecule has 32 heavy (non-hydrogen) atoms. The monoisotopic (exact) mass is 506 g/mol. The molecular formula is C23H27BrN2O6. The van der Waals surface area contributed by atoms with Crippen LogP contribution in [-0.4, -0.2) is 75.2 Å². The fourth-order valence-corrected chi connectivity index (χ4v) is 6.78. The van der Waals surface area contributed by atoms with E-state index in [4.69, 9.17) is 4.74 Å². The molecule has 8 nitrogen and oxygen atoms in total. The van der Waals surface area contributed by atoms with Crippen LogP contribution in [0.25, 0.3) is 0 Å². The minimum atomic E-state index is -1.26. The van der Waals surface area contributed by atoms with Gasteiger partial charge in [-0.3, -0.25) is 14.4 Å². The molecule has 3 fully saturated rings. The highest BCUT2D eigenvalue weighted by molar-refractivity contribution is 9.09. The molecule has 0 saturated carbocycles. The summed E-state index contributed by atoms with van der Waals surface area (Å²) in [5, 5.41) is 19.5. The lowest BCUT2D eigenvalue weighted by Crippen LogP contribution is -2.57. The Morgan fingerprint density at radius 1 is 1.38 bits per heavy atom. The number of β-amino-alcohol motifs (C(OH)–C–C–N with tert-alkyl or cyclic N) is 1. The summed E-state index contributed by atoms with van der Waals surface area (Å²) in [5.74, 6) is -3.95. The number of anilines is 1. The third kappa shape index (κ3) is 3.13. The minimum absolute atomic E-state index is 0.0739. The summed E-state index contributed by atoms with van der Waals surface area (Å²) in [6.07, 6.45) is 1.26. The molecule has 2 N–H and O–H groups in total. The molecule has 0 radical (unpaired) electrons. The van der Waals surface area contributed by atoms with E-state index in [0.29, 0.717) is 6.42 Å². The lowest BCUT2D eigenvalue weighted by Gasteiger charge is -2.37. The smallest absolute Gasteiger partial charge is 0.310 e. The number of carboxylic acid groups (broad SMARTS) is 1. The molecule has 2 bridgehead atoms. The zero-order chi connectivity index (χ0) is 23.4. The third-order valence-electron chi connectivity index (χ3n) is 6.94. The molecule has 6 atom stereocenters. The van der Waals surface area contributed by atoms with Crippen LogP contribution >= 0.6 is 15.9 Å². The summed E-state index contributed by atoms with van der Waals surface area (Å²) >= 11 is 3.52. The Kier molecular flexibility index (Phi) is 5.94. The van der Waals surface area contributed by atoms with Gasteiger partial charge in [0.05, 0.1) is 24.5 Å². The number of aryl methyl sites for hydroxylation is 2. The fourth-order valence-electron chi connectivity index (χ4n) is 5.84. The number of amides is 2. The predicted octanol–water partition coefficient (Wildman–Crippen LogP) is 1.65. The lowest BCUT2D eigenvalue weighted by molar-refractivity contribution is -0.149. The topological polar surface area (TPSA) is 107 Å². The maximum absolute atomic E-state index is 14.1. The second-order valence-electron chi connectivity index (χ2n) is 8.73. The Labute approximate surface area is 195 Å². The summed E-state index contributed by atoms with van der Waals surface area (Å²) in [4.78, 5) is 42.2. The molecule has 3 saturated heterocycles. The van der Waals surface area contributed by atoms with Gasteiger partial charge in [-0.05, 0) is 31.4 Å². The van der Waals surface area contributed by atoms with Crippen LogP contribution in [0.15, 0.2) is 30.9 Å². The lowest BCUT2D eigenvalue weighted by atomic mass is 9.70. The maximum atomic E-state index is 14.1. The highest BCUT2D eigenvalue weighted by atomic mass is 79.9. The van der Waals surface area contributed by atoms with Gasteiger partial charge in [0.2, 0.25) is 5.91 Å². The summed E-state index contributed by atoms with van der Waals surface area (Å²) in [6, 6.07) is 4.68. The number of carboxylic acids is 1. The Bertz CT molecular complexity index is 963. The van der Waals surface area contributed by atoms with Gasteiger partial charge in [0.15, 0.2) is 0 Å². The Morgan fingerprint density at radius 3 is 2.59 bits per heavy atom. The summed E-state index contributed by atoms with van der Waals surface area (Å²) in [7, 11) is 0. The van der Waals surface area contributed by atoms with Gasteiger partial charge in [0, 0.05) is 23.6 Å². The molecule has 4 rings (SSSR count). The number of carbonyl (C=O) groups excluding carboxylic acids is 2. The first-order valence-corrected chi connectivity index (χ1v) is 11.6. The van der Waals surface area contributed by atoms with Crippen molar-refractivity contribution in [3.05, 3.63) is 42.0 Å². The first-order valence-electron chi connectivity index (χ1n) is 10.6. The number of hydrogen-bond acceptors (Lipinski definition) is 5. The van der Waals surface area contributed by atoms with Gasteiger partial charge in [0.25, 0.3) is 5.91 Å². The van der Waals surface area contributed by atoms with E-state index in [2.05, 4.69) is 22.5 Å². The number of para-hydroxylation sites is 1. The first kappa shape index (κ1) is 22.9. The van der Waals surface area contributed by atoms with E-state index < -0.39 is 41.5 Å². The highest BCUT2D eigenvalue weighted by Gasteiger charge is 2.76. The molecule has 2 amide bonds. The van der Waals surface area contributed by atoms with Crippen LogP contribution in [0.2, 0.25) is 0 Å². The van der Waals surface area contributed by atoms with Crippen LogP contribution in [0.4, 0.5) is 5.69 Å². The number of rotatable bonds is 7. The summed E-state index contributed by atoms with van der Waals surface area (Å²) in [5.41, 5.74) is 1.25. The van der Waals surface area contributed by atoms with E-state index >= 15 is 0 Å². The fraction of sp³-hybridized carbons (Fsp3) is 0.522. The molecule has 0 aliphatic carbocycles. The average molecular weight is 507 g/mol. The maximum Gasteiger partial charge on any atom is 0.310 e. The normalized spacial score (nSPS) is 32.8. The molecule has 3 aliphatic heterocycles. The van der Waals surface area contributed by atoms with Crippen LogP contribution in [0.5, 0.6) is 0 Å². The number of alkyl halides is 1. The Balaban J connectivity index is 1.84. The number of aliphatic hydroxyl groups excluding tert-OH is 1. The minimum Gasteiger partial charge on any atom is -0.481 e. The number of aliphatic carboxylic acids is 1. The van der Waals surface area contributed by atoms with Gasteiger partial charge >= 0.3 is 5.97 Å². The van der Waals surface area contributed by atoms with Crippen LogP contribution in [0, 0.1) is 25.7 Å². The zero-order valence-corrected chi connectivity index (χ0v) is 19.6. The second kappa shape index (κ2) is 8.28. The Morgan fingerprint density at radius 2 is 2.03 bits per heavy atom. The van der Waals surface area contributed by atoms with Crippen LogP contribution < -0.4 is 4.90 Å². The quantitative estimate of drug-likeness (QED) is 0.430. The molecule has 3 heterocycles. The molecule has 1 unspecified atom stereocenters. The summed E-state index contributed by atoms with van der Waals surface area (Å²) in [6.45, 7) is 7.40. The van der Waals surface area contributed by atoms with Crippen LogP contribution in [0.1, 0.15) is 17.5 Å². The van der Waals surface area contributed by atoms with Gasteiger partial charge in [-0.2, -0.15) is 0 Å². The largest absolute Gasteiger partial charge is 0.481 e.